The third kappa shape index (κ3) is 3.11. The highest BCUT2D eigenvalue weighted by Gasteiger charge is 2.51. The molecule has 26 heavy (non-hydrogen) atoms. The van der Waals surface area contributed by atoms with Gasteiger partial charge in [-0.1, -0.05) is 19.3 Å². The van der Waals surface area contributed by atoms with Crippen LogP contribution in [0.5, 0.6) is 0 Å². The van der Waals surface area contributed by atoms with Crippen LogP contribution in [0.25, 0.3) is 0 Å². The van der Waals surface area contributed by atoms with E-state index >= 15 is 0 Å². The molecule has 6 fully saturated rings. The predicted octanol–water partition coefficient (Wildman–Crippen LogP) is 3.21. The van der Waals surface area contributed by atoms with Crippen LogP contribution in [0.4, 0.5) is 0 Å². The molecule has 0 aromatic heterocycles. The van der Waals surface area contributed by atoms with Crippen molar-refractivity contribution in [1.29, 1.82) is 0 Å². The molecule has 0 atom stereocenters. The molecular weight excluding hydrogens is 324 g/mol. The molecule has 0 unspecified atom stereocenters. The van der Waals surface area contributed by atoms with Crippen molar-refractivity contribution in [2.75, 3.05) is 32.8 Å². The smallest absolute Gasteiger partial charge is 0.223 e. The summed E-state index contributed by atoms with van der Waals surface area (Å²) in [5.41, 5.74) is 0.198. The van der Waals surface area contributed by atoms with E-state index in [1.54, 1.807) is 0 Å². The number of hydrogen-bond acceptors (Lipinski definition) is 3. The van der Waals surface area contributed by atoms with Gasteiger partial charge in [0, 0.05) is 31.1 Å². The zero-order valence-corrected chi connectivity index (χ0v) is 16.3. The van der Waals surface area contributed by atoms with Gasteiger partial charge in [-0.15, -0.1) is 0 Å². The first-order chi connectivity index (χ1) is 12.7. The van der Waals surface area contributed by atoms with Gasteiger partial charge in [-0.3, -0.25) is 9.69 Å². The van der Waals surface area contributed by atoms with E-state index in [0.29, 0.717) is 23.7 Å². The first-order valence-corrected chi connectivity index (χ1v) is 11.3. The summed E-state index contributed by atoms with van der Waals surface area (Å²) in [6.07, 6.45) is 13.3. The topological polar surface area (TPSA) is 41.6 Å². The zero-order valence-electron chi connectivity index (χ0n) is 16.3. The Morgan fingerprint density at radius 3 is 2.15 bits per heavy atom. The lowest BCUT2D eigenvalue weighted by Crippen LogP contribution is -2.61. The summed E-state index contributed by atoms with van der Waals surface area (Å²) in [6.45, 7) is 4.65. The molecule has 4 heteroatoms. The highest BCUT2D eigenvalue weighted by Crippen LogP contribution is 2.56. The molecule has 0 aromatic rings. The molecule has 1 saturated heterocycles. The Kier molecular flexibility index (Phi) is 4.77. The average Bonchev–Trinajstić information content (AvgIpc) is 2.67. The van der Waals surface area contributed by atoms with Gasteiger partial charge in [0.2, 0.25) is 5.91 Å². The third-order valence-electron chi connectivity index (χ3n) is 8.59. The number of morpholine rings is 1. The highest BCUT2D eigenvalue weighted by molar-refractivity contribution is 5.79. The summed E-state index contributed by atoms with van der Waals surface area (Å²) in [7, 11) is 0. The Morgan fingerprint density at radius 2 is 1.54 bits per heavy atom. The minimum absolute atomic E-state index is 0.198. The van der Waals surface area contributed by atoms with Gasteiger partial charge in [0.1, 0.15) is 0 Å². The van der Waals surface area contributed by atoms with Crippen LogP contribution in [-0.2, 0) is 9.53 Å². The van der Waals surface area contributed by atoms with Crippen LogP contribution < -0.4 is 5.32 Å². The van der Waals surface area contributed by atoms with Gasteiger partial charge in [-0.2, -0.15) is 0 Å². The average molecular weight is 361 g/mol. The number of hydrogen-bond donors (Lipinski definition) is 1. The van der Waals surface area contributed by atoms with Crippen LogP contribution in [0.2, 0.25) is 0 Å². The number of carbonyl (C=O) groups is 1. The van der Waals surface area contributed by atoms with Crippen LogP contribution in [0.1, 0.15) is 64.2 Å². The lowest BCUT2D eigenvalue weighted by Gasteiger charge is -2.54. The zero-order chi connectivity index (χ0) is 17.6. The van der Waals surface area contributed by atoms with Crippen molar-refractivity contribution in [2.45, 2.75) is 69.7 Å². The summed E-state index contributed by atoms with van der Waals surface area (Å²) in [5.74, 6) is 4.00. The van der Waals surface area contributed by atoms with Crippen LogP contribution in [0.15, 0.2) is 0 Å². The first kappa shape index (κ1) is 17.5. The summed E-state index contributed by atoms with van der Waals surface area (Å²) >= 11 is 0. The summed E-state index contributed by atoms with van der Waals surface area (Å²) < 4.78 is 5.59. The van der Waals surface area contributed by atoms with Crippen molar-refractivity contribution >= 4 is 5.91 Å². The molecule has 5 saturated carbocycles. The Morgan fingerprint density at radius 1 is 0.923 bits per heavy atom. The van der Waals surface area contributed by atoms with Crippen LogP contribution in [-0.4, -0.2) is 49.2 Å². The molecule has 0 spiro atoms. The maximum Gasteiger partial charge on any atom is 0.223 e. The lowest BCUT2D eigenvalue weighted by atomic mass is 9.51. The van der Waals surface area contributed by atoms with Gasteiger partial charge < -0.3 is 10.1 Å². The molecule has 6 rings (SSSR count). The van der Waals surface area contributed by atoms with E-state index in [2.05, 4.69) is 10.2 Å². The van der Waals surface area contributed by atoms with Crippen molar-refractivity contribution < 1.29 is 9.53 Å². The molecule has 1 aliphatic heterocycles. The molecule has 0 aromatic carbocycles. The Bertz CT molecular complexity index is 494. The fourth-order valence-electron chi connectivity index (χ4n) is 7.58. The van der Waals surface area contributed by atoms with E-state index in [4.69, 9.17) is 4.74 Å². The molecule has 4 nitrogen and oxygen atoms in total. The monoisotopic (exact) mass is 360 g/mol. The number of ether oxygens (including phenoxy) is 1. The molecular formula is C22H36N2O2. The molecule has 5 aliphatic carbocycles. The summed E-state index contributed by atoms with van der Waals surface area (Å²) in [4.78, 5) is 15.9. The van der Waals surface area contributed by atoms with Crippen LogP contribution >= 0.6 is 0 Å². The Balaban J connectivity index is 1.25. The van der Waals surface area contributed by atoms with Gasteiger partial charge in [-0.25, -0.2) is 0 Å². The van der Waals surface area contributed by atoms with Crippen LogP contribution in [0, 0.1) is 29.6 Å². The quantitative estimate of drug-likeness (QED) is 0.837. The van der Waals surface area contributed by atoms with Crippen molar-refractivity contribution in [3.63, 3.8) is 0 Å². The van der Waals surface area contributed by atoms with Crippen molar-refractivity contribution in [3.8, 4) is 0 Å². The molecule has 1 heterocycles. The second-order valence-corrected chi connectivity index (χ2v) is 10.1. The van der Waals surface area contributed by atoms with Crippen molar-refractivity contribution in [2.24, 2.45) is 29.6 Å². The largest absolute Gasteiger partial charge is 0.379 e. The Labute approximate surface area is 158 Å². The van der Waals surface area contributed by atoms with Gasteiger partial charge in [0.25, 0.3) is 0 Å². The molecule has 1 amide bonds. The highest BCUT2D eigenvalue weighted by atomic mass is 16.5. The predicted molar refractivity (Wildman–Crippen MR) is 102 cm³/mol. The molecule has 1 N–H and O–H groups in total. The maximum absolute atomic E-state index is 13.2. The Hall–Kier alpha value is -0.610. The van der Waals surface area contributed by atoms with Crippen molar-refractivity contribution in [1.82, 2.24) is 10.2 Å². The second kappa shape index (κ2) is 7.09. The standard InChI is InChI=1S/C22H36N2O2/c25-21(20-18-11-16-10-17(13-18)14-19(20)12-16)23-15-22(4-2-1-3-5-22)24-6-8-26-9-7-24/h16-20H,1-15H2,(H,23,25). The molecule has 4 bridgehead atoms. The second-order valence-electron chi connectivity index (χ2n) is 10.1. The SMILES string of the molecule is O=C(NCC1(N2CCOCC2)CCCCC1)C1C2CC3CC(C2)CC1C3. The molecule has 0 radical (unpaired) electrons. The van der Waals surface area contributed by atoms with Gasteiger partial charge in [0.05, 0.1) is 13.2 Å². The van der Waals surface area contributed by atoms with Gasteiger partial charge >= 0.3 is 0 Å². The maximum atomic E-state index is 13.2. The van der Waals surface area contributed by atoms with E-state index in [1.807, 2.05) is 0 Å². The fraction of sp³-hybridized carbons (Fsp3) is 0.955. The minimum atomic E-state index is 0.198. The van der Waals surface area contributed by atoms with E-state index in [1.165, 1.54) is 64.2 Å². The van der Waals surface area contributed by atoms with E-state index in [9.17, 15) is 4.79 Å². The third-order valence-corrected chi connectivity index (χ3v) is 8.59. The molecule has 146 valence electrons. The van der Waals surface area contributed by atoms with Crippen LogP contribution in [0.3, 0.4) is 0 Å². The normalized spacial score (nSPS) is 41.9. The minimum Gasteiger partial charge on any atom is -0.379 e. The number of amides is 1. The number of rotatable bonds is 4. The van der Waals surface area contributed by atoms with Crippen molar-refractivity contribution in [3.05, 3.63) is 0 Å². The lowest BCUT2D eigenvalue weighted by molar-refractivity contribution is -0.139. The van der Waals surface area contributed by atoms with Gasteiger partial charge in [-0.05, 0) is 68.6 Å². The number of nitrogens with one attached hydrogen (secondary N) is 1. The van der Waals surface area contributed by atoms with E-state index < -0.39 is 0 Å². The fourth-order valence-corrected chi connectivity index (χ4v) is 7.58. The van der Waals surface area contributed by atoms with E-state index in [-0.39, 0.29) is 5.54 Å². The number of nitrogens with zero attached hydrogens (tertiary/aromatic N) is 1. The molecule has 6 aliphatic rings. The summed E-state index contributed by atoms with van der Waals surface area (Å²) in [5, 5.41) is 3.50. The summed E-state index contributed by atoms with van der Waals surface area (Å²) in [6, 6.07) is 0. The van der Waals surface area contributed by atoms with Gasteiger partial charge in [0.15, 0.2) is 0 Å². The first-order valence-electron chi connectivity index (χ1n) is 11.3. The van der Waals surface area contributed by atoms with E-state index in [0.717, 1.165) is 44.7 Å². The number of carbonyl (C=O) groups excluding carboxylic acids is 1.